The van der Waals surface area contributed by atoms with Crippen molar-refractivity contribution in [1.82, 2.24) is 14.9 Å². The number of hydrogen-bond acceptors (Lipinski definition) is 5. The highest BCUT2D eigenvalue weighted by Crippen LogP contribution is 2.24. The smallest absolute Gasteiger partial charge is 0.476 e. The lowest BCUT2D eigenvalue weighted by atomic mass is 10.1. The molecule has 5 nitrogen and oxygen atoms in total. The van der Waals surface area contributed by atoms with E-state index in [0.29, 0.717) is 24.9 Å². The highest BCUT2D eigenvalue weighted by Gasteiger charge is 2.31. The zero-order valence-electron chi connectivity index (χ0n) is 13.4. The predicted molar refractivity (Wildman–Crippen MR) is 84.0 cm³/mol. The molecular weight excluding hydrogens is 335 g/mol. The fraction of sp³-hybridized carbons (Fsp3) is 0.412. The number of nitrogens with zero attached hydrogens (tertiary/aromatic N) is 3. The van der Waals surface area contributed by atoms with Crippen molar-refractivity contribution in [1.29, 1.82) is 0 Å². The first-order chi connectivity index (χ1) is 12.0. The summed E-state index contributed by atoms with van der Waals surface area (Å²) in [6, 6.07) is 6.00. The monoisotopic (exact) mass is 353 g/mol. The molecule has 1 unspecified atom stereocenters. The van der Waals surface area contributed by atoms with Crippen molar-refractivity contribution >= 4 is 0 Å². The lowest BCUT2D eigenvalue weighted by molar-refractivity contribution is -0.274. The molecule has 134 valence electrons. The molecule has 0 saturated carbocycles. The number of likely N-dealkylation sites (tertiary alicyclic amines) is 1. The van der Waals surface area contributed by atoms with Gasteiger partial charge in [0.2, 0.25) is 5.88 Å². The van der Waals surface area contributed by atoms with Crippen LogP contribution in [-0.2, 0) is 6.54 Å². The Hall–Kier alpha value is -2.35. The largest absolute Gasteiger partial charge is 0.573 e. The third kappa shape index (κ3) is 5.60. The highest BCUT2D eigenvalue weighted by molar-refractivity contribution is 5.27. The molecule has 8 heteroatoms. The maximum Gasteiger partial charge on any atom is 0.573 e. The molecule has 1 atom stereocenters. The summed E-state index contributed by atoms with van der Waals surface area (Å²) in [6.45, 7) is 3.07. The van der Waals surface area contributed by atoms with E-state index in [1.54, 1.807) is 30.7 Å². The molecule has 0 spiro atoms. The minimum absolute atomic E-state index is 0.201. The minimum Gasteiger partial charge on any atom is -0.476 e. The van der Waals surface area contributed by atoms with Gasteiger partial charge in [0.15, 0.2) is 0 Å². The van der Waals surface area contributed by atoms with Gasteiger partial charge in [-0.15, -0.1) is 13.2 Å². The third-order valence-corrected chi connectivity index (χ3v) is 3.94. The average Bonchev–Trinajstić information content (AvgIpc) is 3.02. The Bertz CT molecular complexity index is 665. The molecular formula is C17H18F3N3O2. The van der Waals surface area contributed by atoms with Crippen LogP contribution in [0.5, 0.6) is 11.6 Å². The van der Waals surface area contributed by atoms with Crippen molar-refractivity contribution in [2.75, 3.05) is 19.7 Å². The van der Waals surface area contributed by atoms with Crippen LogP contribution in [0.3, 0.4) is 0 Å². The van der Waals surface area contributed by atoms with Gasteiger partial charge in [-0.1, -0.05) is 12.1 Å². The van der Waals surface area contributed by atoms with Gasteiger partial charge < -0.3 is 9.47 Å². The normalized spacial score (nSPS) is 18.3. The number of halogens is 3. The first-order valence-electron chi connectivity index (χ1n) is 7.94. The summed E-state index contributed by atoms with van der Waals surface area (Å²) in [5, 5.41) is 0. The Kier molecular flexibility index (Phi) is 5.37. The van der Waals surface area contributed by atoms with Crippen LogP contribution in [0.15, 0.2) is 42.9 Å². The second-order valence-corrected chi connectivity index (χ2v) is 5.94. The first kappa shape index (κ1) is 17.5. The molecule has 1 aliphatic rings. The van der Waals surface area contributed by atoms with Crippen LogP contribution in [0, 0.1) is 5.92 Å². The fourth-order valence-corrected chi connectivity index (χ4v) is 2.81. The van der Waals surface area contributed by atoms with Crippen molar-refractivity contribution in [2.45, 2.75) is 19.3 Å². The molecule has 2 heterocycles. The maximum absolute atomic E-state index is 12.2. The quantitative estimate of drug-likeness (QED) is 0.798. The van der Waals surface area contributed by atoms with Crippen molar-refractivity contribution in [2.24, 2.45) is 5.92 Å². The highest BCUT2D eigenvalue weighted by atomic mass is 19.4. The molecule has 0 radical (unpaired) electrons. The van der Waals surface area contributed by atoms with Crippen molar-refractivity contribution in [3.05, 3.63) is 48.4 Å². The van der Waals surface area contributed by atoms with E-state index in [9.17, 15) is 13.2 Å². The molecule has 1 saturated heterocycles. The zero-order valence-corrected chi connectivity index (χ0v) is 13.4. The summed E-state index contributed by atoms with van der Waals surface area (Å²) in [6.07, 6.45) is 1.11. The van der Waals surface area contributed by atoms with Crippen molar-refractivity contribution in [3.8, 4) is 11.6 Å². The second kappa shape index (κ2) is 7.69. The Morgan fingerprint density at radius 2 is 1.96 bits per heavy atom. The molecule has 0 N–H and O–H groups in total. The van der Waals surface area contributed by atoms with Crippen LogP contribution < -0.4 is 9.47 Å². The van der Waals surface area contributed by atoms with Crippen LogP contribution in [0.4, 0.5) is 13.2 Å². The average molecular weight is 353 g/mol. The van der Waals surface area contributed by atoms with Gasteiger partial charge in [-0.2, -0.15) is 0 Å². The van der Waals surface area contributed by atoms with Crippen molar-refractivity contribution in [3.63, 3.8) is 0 Å². The molecule has 1 aromatic heterocycles. The third-order valence-electron chi connectivity index (χ3n) is 3.94. The Morgan fingerprint density at radius 1 is 1.16 bits per heavy atom. The summed E-state index contributed by atoms with van der Waals surface area (Å²) in [5.41, 5.74) is 0.949. The van der Waals surface area contributed by atoms with Crippen LogP contribution >= 0.6 is 0 Å². The van der Waals surface area contributed by atoms with E-state index in [4.69, 9.17) is 4.74 Å². The second-order valence-electron chi connectivity index (χ2n) is 5.94. The van der Waals surface area contributed by atoms with Gasteiger partial charge in [-0.05, 0) is 30.7 Å². The van der Waals surface area contributed by atoms with E-state index in [0.717, 1.165) is 25.1 Å². The first-order valence-corrected chi connectivity index (χ1v) is 7.94. The summed E-state index contributed by atoms with van der Waals surface area (Å²) in [5.74, 6) is 0.712. The molecule has 1 aliphatic heterocycles. The van der Waals surface area contributed by atoms with E-state index in [1.807, 2.05) is 0 Å². The maximum atomic E-state index is 12.2. The number of rotatable bonds is 6. The fourth-order valence-electron chi connectivity index (χ4n) is 2.81. The van der Waals surface area contributed by atoms with Gasteiger partial charge in [-0.25, -0.2) is 4.98 Å². The van der Waals surface area contributed by atoms with E-state index in [1.165, 1.54) is 12.1 Å². The Balaban J connectivity index is 1.45. The SMILES string of the molecule is FC(F)(F)Oc1ccc(CN2CCC(COc3cnccn3)C2)cc1. The lowest BCUT2D eigenvalue weighted by Gasteiger charge is -2.17. The van der Waals surface area contributed by atoms with Gasteiger partial charge in [-0.3, -0.25) is 9.88 Å². The van der Waals surface area contributed by atoms with E-state index in [2.05, 4.69) is 19.6 Å². The Labute approximate surface area is 143 Å². The van der Waals surface area contributed by atoms with Gasteiger partial charge in [0, 0.05) is 31.4 Å². The minimum atomic E-state index is -4.66. The molecule has 1 aromatic carbocycles. The number of aromatic nitrogens is 2. The summed E-state index contributed by atoms with van der Waals surface area (Å²) in [7, 11) is 0. The summed E-state index contributed by atoms with van der Waals surface area (Å²) in [4.78, 5) is 10.3. The lowest BCUT2D eigenvalue weighted by Crippen LogP contribution is -2.22. The Morgan fingerprint density at radius 3 is 2.64 bits per heavy atom. The molecule has 3 rings (SSSR count). The van der Waals surface area contributed by atoms with Crippen LogP contribution in [0.1, 0.15) is 12.0 Å². The van der Waals surface area contributed by atoms with Crippen LogP contribution in [0.2, 0.25) is 0 Å². The van der Waals surface area contributed by atoms with Crippen molar-refractivity contribution < 1.29 is 22.6 Å². The van der Waals surface area contributed by atoms with Crippen LogP contribution in [-0.4, -0.2) is 40.9 Å². The molecule has 1 fully saturated rings. The number of alkyl halides is 3. The van der Waals surface area contributed by atoms with Gasteiger partial charge in [0.1, 0.15) is 5.75 Å². The van der Waals surface area contributed by atoms with Gasteiger partial charge >= 0.3 is 6.36 Å². The molecule has 0 bridgehead atoms. The topological polar surface area (TPSA) is 47.5 Å². The zero-order chi connectivity index (χ0) is 17.7. The van der Waals surface area contributed by atoms with E-state index >= 15 is 0 Å². The van der Waals surface area contributed by atoms with E-state index < -0.39 is 6.36 Å². The number of benzene rings is 1. The molecule has 25 heavy (non-hydrogen) atoms. The van der Waals surface area contributed by atoms with Crippen LogP contribution in [0.25, 0.3) is 0 Å². The number of ether oxygens (including phenoxy) is 2. The molecule has 2 aromatic rings. The summed E-state index contributed by atoms with van der Waals surface area (Å²) < 4.78 is 46.0. The predicted octanol–water partition coefficient (Wildman–Crippen LogP) is 3.28. The molecule has 0 aliphatic carbocycles. The van der Waals surface area contributed by atoms with E-state index in [-0.39, 0.29) is 5.75 Å². The van der Waals surface area contributed by atoms with Gasteiger partial charge in [0.25, 0.3) is 0 Å². The standard InChI is InChI=1S/C17H18F3N3O2/c18-17(19,20)25-15-3-1-13(2-4-15)10-23-8-5-14(11-23)12-24-16-9-21-6-7-22-16/h1-4,6-7,9,14H,5,8,10-12H2. The summed E-state index contributed by atoms with van der Waals surface area (Å²) >= 11 is 0. The molecule has 0 amide bonds. The van der Waals surface area contributed by atoms with Gasteiger partial charge in [0.05, 0.1) is 12.8 Å². The number of hydrogen-bond donors (Lipinski definition) is 0.